The van der Waals surface area contributed by atoms with E-state index in [1.165, 1.54) is 0 Å². The van der Waals surface area contributed by atoms with Gasteiger partial charge >= 0.3 is 0 Å². The Balaban J connectivity index is 2.22. The van der Waals surface area contributed by atoms with Gasteiger partial charge in [-0.2, -0.15) is 0 Å². The molecule has 0 saturated carbocycles. The summed E-state index contributed by atoms with van der Waals surface area (Å²) in [6, 6.07) is 19.2. The Labute approximate surface area is 182 Å². The minimum atomic E-state index is -0.396. The molecule has 0 bridgehead atoms. The van der Waals surface area contributed by atoms with E-state index in [2.05, 4.69) is 5.16 Å². The first kappa shape index (κ1) is 22.0. The minimum Gasteiger partial charge on any atom is -0.493 e. The third-order valence-electron chi connectivity index (χ3n) is 5.21. The zero-order chi connectivity index (χ0) is 22.4. The molecule has 0 fully saturated rings. The molecule has 0 saturated heterocycles. The number of hydrogen-bond donors (Lipinski definition) is 1. The highest BCUT2D eigenvalue weighted by Gasteiger charge is 2.25. The van der Waals surface area contributed by atoms with Crippen LogP contribution in [-0.4, -0.2) is 39.4 Å². The lowest BCUT2D eigenvalue weighted by Crippen LogP contribution is -2.16. The zero-order valence-corrected chi connectivity index (χ0v) is 18.4. The van der Waals surface area contributed by atoms with E-state index in [0.29, 0.717) is 28.7 Å². The first-order valence-electron chi connectivity index (χ1n) is 9.79. The van der Waals surface area contributed by atoms with Crippen LogP contribution >= 0.6 is 0 Å². The summed E-state index contributed by atoms with van der Waals surface area (Å²) in [7, 11) is 6.37. The number of hydrogen-bond acceptors (Lipinski definition) is 6. The second kappa shape index (κ2) is 9.89. The summed E-state index contributed by atoms with van der Waals surface area (Å²) in [6.45, 7) is 2.01. The number of oxime groups is 1. The summed E-state index contributed by atoms with van der Waals surface area (Å²) >= 11 is 0. The predicted molar refractivity (Wildman–Crippen MR) is 120 cm³/mol. The van der Waals surface area contributed by atoms with Gasteiger partial charge in [0.25, 0.3) is 0 Å². The van der Waals surface area contributed by atoms with Gasteiger partial charge in [0.15, 0.2) is 23.0 Å². The third kappa shape index (κ3) is 4.58. The number of aryl methyl sites for hydroxylation is 1. The maximum atomic E-state index is 10.1. The van der Waals surface area contributed by atoms with Crippen molar-refractivity contribution in [3.05, 3.63) is 82.9 Å². The molecule has 0 aliphatic heterocycles. The summed E-state index contributed by atoms with van der Waals surface area (Å²) in [5, 5.41) is 13.8. The molecular weight excluding hydrogens is 394 g/mol. The molecule has 0 aliphatic rings. The minimum absolute atomic E-state index is 0.396. The van der Waals surface area contributed by atoms with Crippen LogP contribution < -0.4 is 18.9 Å². The first-order chi connectivity index (χ1) is 15.1. The average Bonchev–Trinajstić information content (AvgIpc) is 2.82. The number of methoxy groups -OCH3 is 4. The summed E-state index contributed by atoms with van der Waals surface area (Å²) in [4.78, 5) is 0. The predicted octanol–water partition coefficient (Wildman–Crippen LogP) is 5.04. The van der Waals surface area contributed by atoms with Gasteiger partial charge < -0.3 is 24.2 Å². The lowest BCUT2D eigenvalue weighted by Gasteiger charge is -2.22. The van der Waals surface area contributed by atoms with Crippen molar-refractivity contribution in [3.63, 3.8) is 0 Å². The molecule has 31 heavy (non-hydrogen) atoms. The van der Waals surface area contributed by atoms with Crippen LogP contribution in [0.1, 0.15) is 28.2 Å². The molecule has 0 heterocycles. The van der Waals surface area contributed by atoms with E-state index in [0.717, 1.165) is 22.3 Å². The van der Waals surface area contributed by atoms with Crippen molar-refractivity contribution in [1.82, 2.24) is 0 Å². The van der Waals surface area contributed by atoms with Crippen LogP contribution in [0, 0.1) is 6.92 Å². The number of nitrogens with zero attached hydrogens (tertiary/aromatic N) is 1. The van der Waals surface area contributed by atoms with Crippen LogP contribution in [0.4, 0.5) is 0 Å². The Kier molecular flexibility index (Phi) is 7.03. The third-order valence-corrected chi connectivity index (χ3v) is 5.21. The van der Waals surface area contributed by atoms with Crippen LogP contribution in [0.3, 0.4) is 0 Å². The van der Waals surface area contributed by atoms with E-state index < -0.39 is 5.92 Å². The molecule has 0 aliphatic carbocycles. The van der Waals surface area contributed by atoms with Crippen LogP contribution in [-0.2, 0) is 0 Å². The van der Waals surface area contributed by atoms with Crippen molar-refractivity contribution in [2.45, 2.75) is 12.8 Å². The normalized spacial score (nSPS) is 11.4. The highest BCUT2D eigenvalue weighted by atomic mass is 16.5. The molecule has 162 valence electrons. The molecule has 6 nitrogen and oxygen atoms in total. The van der Waals surface area contributed by atoms with Gasteiger partial charge in [-0.1, -0.05) is 47.1 Å². The van der Waals surface area contributed by atoms with Gasteiger partial charge in [-0.05, 0) is 42.3 Å². The Morgan fingerprint density at radius 3 is 1.52 bits per heavy atom. The van der Waals surface area contributed by atoms with Crippen molar-refractivity contribution in [1.29, 1.82) is 0 Å². The number of ether oxygens (including phenoxy) is 4. The summed E-state index contributed by atoms with van der Waals surface area (Å²) < 4.78 is 21.8. The molecule has 3 aromatic rings. The number of benzene rings is 3. The Hall–Kier alpha value is -3.67. The Bertz CT molecular complexity index is 1000. The van der Waals surface area contributed by atoms with Crippen LogP contribution in [0.25, 0.3) is 0 Å². The van der Waals surface area contributed by atoms with Crippen LogP contribution in [0.5, 0.6) is 23.0 Å². The standard InChI is InChI=1S/C25H27NO5/c1-16-6-8-17(9-7-16)25(26-27)24(18-10-12-20(28-2)22(14-18)30-4)19-11-13-21(29-3)23(15-19)31-5/h6-15,24,27H,1-5H3/b26-25-. The maximum absolute atomic E-state index is 10.1. The molecule has 1 N–H and O–H groups in total. The number of rotatable bonds is 8. The molecule has 0 radical (unpaired) electrons. The van der Waals surface area contributed by atoms with Gasteiger partial charge in [0, 0.05) is 5.56 Å². The monoisotopic (exact) mass is 421 g/mol. The molecule has 0 atom stereocenters. The largest absolute Gasteiger partial charge is 0.493 e. The Morgan fingerprint density at radius 2 is 1.13 bits per heavy atom. The lowest BCUT2D eigenvalue weighted by molar-refractivity contribution is 0.317. The van der Waals surface area contributed by atoms with Crippen LogP contribution in [0.15, 0.2) is 65.8 Å². The molecule has 3 rings (SSSR count). The highest BCUT2D eigenvalue weighted by Crippen LogP contribution is 2.38. The smallest absolute Gasteiger partial charge is 0.161 e. The first-order valence-corrected chi connectivity index (χ1v) is 9.79. The van der Waals surface area contributed by atoms with Gasteiger partial charge in [-0.15, -0.1) is 0 Å². The molecular formula is C25H27NO5. The molecule has 6 heteroatoms. The summed E-state index contributed by atoms with van der Waals surface area (Å²) in [5.41, 5.74) is 4.17. The van der Waals surface area contributed by atoms with Crippen molar-refractivity contribution in [3.8, 4) is 23.0 Å². The van der Waals surface area contributed by atoms with Gasteiger partial charge in [-0.3, -0.25) is 0 Å². The molecule has 0 amide bonds. The fraction of sp³-hybridized carbons (Fsp3) is 0.240. The second-order valence-corrected chi connectivity index (χ2v) is 7.01. The van der Waals surface area contributed by atoms with Gasteiger partial charge in [0.05, 0.1) is 40.1 Å². The molecule has 0 unspecified atom stereocenters. The second-order valence-electron chi connectivity index (χ2n) is 7.01. The maximum Gasteiger partial charge on any atom is 0.161 e. The quantitative estimate of drug-likeness (QED) is 0.313. The average molecular weight is 421 g/mol. The zero-order valence-electron chi connectivity index (χ0n) is 18.4. The van der Waals surface area contributed by atoms with E-state index >= 15 is 0 Å². The fourth-order valence-corrected chi connectivity index (χ4v) is 3.58. The SMILES string of the molecule is COc1ccc(C(/C(=N\O)c2ccc(C)cc2)c2ccc(OC)c(OC)c2)cc1OC. The van der Waals surface area contributed by atoms with Gasteiger partial charge in [0.1, 0.15) is 0 Å². The van der Waals surface area contributed by atoms with Crippen molar-refractivity contribution in [2.75, 3.05) is 28.4 Å². The van der Waals surface area contributed by atoms with Crippen LogP contribution in [0.2, 0.25) is 0 Å². The van der Waals surface area contributed by atoms with Crippen molar-refractivity contribution < 1.29 is 24.2 Å². The van der Waals surface area contributed by atoms with Gasteiger partial charge in [0.2, 0.25) is 0 Å². The Morgan fingerprint density at radius 1 is 0.677 bits per heavy atom. The van der Waals surface area contributed by atoms with E-state index in [1.807, 2.05) is 67.6 Å². The highest BCUT2D eigenvalue weighted by molar-refractivity contribution is 6.07. The fourth-order valence-electron chi connectivity index (χ4n) is 3.58. The van der Waals surface area contributed by atoms with Crippen molar-refractivity contribution in [2.24, 2.45) is 5.16 Å². The van der Waals surface area contributed by atoms with E-state index in [9.17, 15) is 5.21 Å². The van der Waals surface area contributed by atoms with E-state index in [-0.39, 0.29) is 0 Å². The van der Waals surface area contributed by atoms with Crippen molar-refractivity contribution >= 4 is 5.71 Å². The molecule has 0 aromatic heterocycles. The summed E-state index contributed by atoms with van der Waals surface area (Å²) in [6.07, 6.45) is 0. The summed E-state index contributed by atoms with van der Waals surface area (Å²) in [5.74, 6) is 2.02. The molecule has 0 spiro atoms. The lowest BCUT2D eigenvalue weighted by atomic mass is 9.83. The topological polar surface area (TPSA) is 69.5 Å². The van der Waals surface area contributed by atoms with Gasteiger partial charge in [-0.25, -0.2) is 0 Å². The van der Waals surface area contributed by atoms with E-state index in [4.69, 9.17) is 18.9 Å². The molecule has 3 aromatic carbocycles. The van der Waals surface area contributed by atoms with E-state index in [1.54, 1.807) is 28.4 Å².